The number of ether oxygens (including phenoxy) is 2. The second-order valence-electron chi connectivity index (χ2n) is 7.30. The lowest BCUT2D eigenvalue weighted by molar-refractivity contribution is 0.0376. The average Bonchev–Trinajstić information content (AvgIpc) is 3.25. The lowest BCUT2D eigenvalue weighted by Crippen LogP contribution is -2.39. The van der Waals surface area contributed by atoms with E-state index in [1.165, 1.54) is 18.4 Å². The number of anilines is 1. The Labute approximate surface area is 185 Å². The monoisotopic (exact) mass is 439 g/mol. The molecule has 0 saturated carbocycles. The maximum Gasteiger partial charge on any atom is 0.337 e. The summed E-state index contributed by atoms with van der Waals surface area (Å²) < 4.78 is 11.2. The fourth-order valence-corrected chi connectivity index (χ4v) is 4.55. The Balaban J connectivity index is 1.54. The van der Waals surface area contributed by atoms with Crippen LogP contribution in [0.5, 0.6) is 0 Å². The Hall–Kier alpha value is -2.81. The van der Waals surface area contributed by atoms with E-state index in [2.05, 4.69) is 4.90 Å². The molecule has 1 aliphatic heterocycles. The van der Waals surface area contributed by atoms with Crippen LogP contribution in [0.4, 0.5) is 5.13 Å². The molecular weight excluding hydrogens is 414 g/mol. The number of thiazole rings is 1. The number of hydrogen-bond donors (Lipinski definition) is 0. The number of para-hydroxylation sites is 1. The molecule has 1 saturated heterocycles. The fraction of sp³-hybridized carbons (Fsp3) is 0.348. The van der Waals surface area contributed by atoms with Crippen molar-refractivity contribution in [1.82, 2.24) is 9.88 Å². The predicted molar refractivity (Wildman–Crippen MR) is 121 cm³/mol. The van der Waals surface area contributed by atoms with Crippen LogP contribution in [0, 0.1) is 0 Å². The number of hydrogen-bond acceptors (Lipinski definition) is 7. The summed E-state index contributed by atoms with van der Waals surface area (Å²) in [4.78, 5) is 33.9. The molecule has 3 aromatic rings. The summed E-state index contributed by atoms with van der Waals surface area (Å²) in [5.41, 5.74) is 1.81. The van der Waals surface area contributed by atoms with Crippen LogP contribution >= 0.6 is 11.3 Å². The summed E-state index contributed by atoms with van der Waals surface area (Å²) in [7, 11) is 1.34. The standard InChI is InChI=1S/C23H25N3O4S/c1-29-22(28)18-9-7-17(8-10-18)21(27)26(12-4-11-25-13-15-30-16-14-25)23-24-19-5-2-3-6-20(19)31-23/h2-3,5-10H,4,11-16H2,1H3. The van der Waals surface area contributed by atoms with Crippen molar-refractivity contribution in [2.24, 2.45) is 0 Å². The molecule has 0 aliphatic carbocycles. The molecule has 7 nitrogen and oxygen atoms in total. The van der Waals surface area contributed by atoms with Gasteiger partial charge in [0.25, 0.3) is 5.91 Å². The third-order valence-electron chi connectivity index (χ3n) is 5.27. The van der Waals surface area contributed by atoms with Crippen molar-refractivity contribution in [3.05, 3.63) is 59.7 Å². The number of esters is 1. The Morgan fingerprint density at radius 2 is 1.81 bits per heavy atom. The predicted octanol–water partition coefficient (Wildman–Crippen LogP) is 3.45. The maximum atomic E-state index is 13.4. The molecule has 4 rings (SSSR count). The van der Waals surface area contributed by atoms with E-state index >= 15 is 0 Å². The lowest BCUT2D eigenvalue weighted by atomic mass is 10.1. The largest absolute Gasteiger partial charge is 0.465 e. The number of nitrogens with zero attached hydrogens (tertiary/aromatic N) is 3. The molecule has 1 aliphatic rings. The molecule has 0 unspecified atom stereocenters. The lowest BCUT2D eigenvalue weighted by Gasteiger charge is -2.27. The van der Waals surface area contributed by atoms with Gasteiger partial charge >= 0.3 is 5.97 Å². The topological polar surface area (TPSA) is 72.0 Å². The van der Waals surface area contributed by atoms with Crippen molar-refractivity contribution in [2.45, 2.75) is 6.42 Å². The number of morpholine rings is 1. The highest BCUT2D eigenvalue weighted by Gasteiger charge is 2.22. The third kappa shape index (κ3) is 5.10. The van der Waals surface area contributed by atoms with Crippen molar-refractivity contribution < 1.29 is 19.1 Å². The highest BCUT2D eigenvalue weighted by molar-refractivity contribution is 7.22. The first-order valence-corrected chi connectivity index (χ1v) is 11.1. The SMILES string of the molecule is COC(=O)c1ccc(C(=O)N(CCCN2CCOCC2)c2nc3ccccc3s2)cc1. The second kappa shape index (κ2) is 10.00. The molecule has 2 aromatic carbocycles. The highest BCUT2D eigenvalue weighted by atomic mass is 32.1. The van der Waals surface area contributed by atoms with E-state index < -0.39 is 5.97 Å². The third-order valence-corrected chi connectivity index (χ3v) is 6.33. The Bertz CT molecular complexity index is 1010. The van der Waals surface area contributed by atoms with Gasteiger partial charge in [0.15, 0.2) is 5.13 Å². The van der Waals surface area contributed by atoms with Gasteiger partial charge in [-0.2, -0.15) is 0 Å². The minimum absolute atomic E-state index is 0.127. The summed E-state index contributed by atoms with van der Waals surface area (Å²) in [6, 6.07) is 14.4. The van der Waals surface area contributed by atoms with Gasteiger partial charge in [-0.3, -0.25) is 14.6 Å². The van der Waals surface area contributed by atoms with E-state index in [0.717, 1.165) is 49.5 Å². The number of fused-ring (bicyclic) bond motifs is 1. The van der Waals surface area contributed by atoms with Crippen LogP contribution in [0.1, 0.15) is 27.1 Å². The number of carbonyl (C=O) groups is 2. The molecule has 2 heterocycles. The number of aromatic nitrogens is 1. The summed E-state index contributed by atoms with van der Waals surface area (Å²) in [5, 5.41) is 0.685. The Morgan fingerprint density at radius 1 is 1.10 bits per heavy atom. The van der Waals surface area contributed by atoms with Crippen LogP contribution in [0.2, 0.25) is 0 Å². The van der Waals surface area contributed by atoms with Crippen molar-refractivity contribution >= 4 is 38.6 Å². The molecular formula is C23H25N3O4S. The summed E-state index contributed by atoms with van der Waals surface area (Å²) >= 11 is 1.51. The van der Waals surface area contributed by atoms with E-state index in [1.807, 2.05) is 24.3 Å². The van der Waals surface area contributed by atoms with Crippen molar-refractivity contribution in [1.29, 1.82) is 0 Å². The van der Waals surface area contributed by atoms with Gasteiger partial charge in [-0.15, -0.1) is 0 Å². The van der Waals surface area contributed by atoms with Crippen LogP contribution in [-0.4, -0.2) is 68.3 Å². The van der Waals surface area contributed by atoms with Gasteiger partial charge in [0.1, 0.15) is 0 Å². The summed E-state index contributed by atoms with van der Waals surface area (Å²) in [6.45, 7) is 4.82. The summed E-state index contributed by atoms with van der Waals surface area (Å²) in [6.07, 6.45) is 0.835. The van der Waals surface area contributed by atoms with Crippen molar-refractivity contribution in [3.8, 4) is 0 Å². The van der Waals surface area contributed by atoms with Gasteiger partial charge in [-0.25, -0.2) is 9.78 Å². The van der Waals surface area contributed by atoms with Gasteiger partial charge in [0, 0.05) is 31.7 Å². The Morgan fingerprint density at radius 3 is 2.52 bits per heavy atom. The molecule has 162 valence electrons. The van der Waals surface area contributed by atoms with Gasteiger partial charge in [-0.1, -0.05) is 23.5 Å². The molecule has 1 aromatic heterocycles. The number of amides is 1. The molecule has 1 amide bonds. The normalized spacial score (nSPS) is 14.5. The molecule has 8 heteroatoms. The first-order chi connectivity index (χ1) is 15.2. The zero-order valence-electron chi connectivity index (χ0n) is 17.5. The van der Waals surface area contributed by atoms with Crippen molar-refractivity contribution in [2.75, 3.05) is 51.4 Å². The zero-order chi connectivity index (χ0) is 21.6. The molecule has 0 spiro atoms. The minimum Gasteiger partial charge on any atom is -0.465 e. The molecule has 0 bridgehead atoms. The maximum absolute atomic E-state index is 13.4. The first kappa shape index (κ1) is 21.4. The van der Waals surface area contributed by atoms with Gasteiger partial charge in [0.2, 0.25) is 0 Å². The van der Waals surface area contributed by atoms with Gasteiger partial charge < -0.3 is 9.47 Å². The first-order valence-electron chi connectivity index (χ1n) is 10.3. The van der Waals surface area contributed by atoms with Gasteiger partial charge in [-0.05, 0) is 42.8 Å². The van der Waals surface area contributed by atoms with E-state index in [1.54, 1.807) is 29.2 Å². The van der Waals surface area contributed by atoms with E-state index in [0.29, 0.717) is 22.8 Å². The smallest absolute Gasteiger partial charge is 0.337 e. The molecule has 1 fully saturated rings. The second-order valence-corrected chi connectivity index (χ2v) is 8.31. The van der Waals surface area contributed by atoms with Crippen LogP contribution in [-0.2, 0) is 9.47 Å². The minimum atomic E-state index is -0.424. The van der Waals surface area contributed by atoms with Crippen LogP contribution in [0.15, 0.2) is 48.5 Å². The van der Waals surface area contributed by atoms with E-state index in [-0.39, 0.29) is 5.91 Å². The van der Waals surface area contributed by atoms with Crippen LogP contribution in [0.25, 0.3) is 10.2 Å². The van der Waals surface area contributed by atoms with E-state index in [9.17, 15) is 9.59 Å². The van der Waals surface area contributed by atoms with Crippen LogP contribution < -0.4 is 4.90 Å². The number of rotatable bonds is 7. The molecule has 0 radical (unpaired) electrons. The quantitative estimate of drug-likeness (QED) is 0.525. The molecule has 0 N–H and O–H groups in total. The van der Waals surface area contributed by atoms with E-state index in [4.69, 9.17) is 14.5 Å². The van der Waals surface area contributed by atoms with Gasteiger partial charge in [0.05, 0.1) is 36.1 Å². The number of benzene rings is 2. The highest BCUT2D eigenvalue weighted by Crippen LogP contribution is 2.29. The van der Waals surface area contributed by atoms with Crippen molar-refractivity contribution in [3.63, 3.8) is 0 Å². The fourth-order valence-electron chi connectivity index (χ4n) is 3.56. The Kier molecular flexibility index (Phi) is 6.91. The number of carbonyl (C=O) groups excluding carboxylic acids is 2. The van der Waals surface area contributed by atoms with Crippen LogP contribution in [0.3, 0.4) is 0 Å². The number of methoxy groups -OCH3 is 1. The molecule has 0 atom stereocenters. The summed E-state index contributed by atoms with van der Waals surface area (Å²) in [5.74, 6) is -0.551. The average molecular weight is 440 g/mol. The molecule has 31 heavy (non-hydrogen) atoms. The zero-order valence-corrected chi connectivity index (χ0v) is 18.3.